The van der Waals surface area contributed by atoms with Crippen LogP contribution in [0.4, 0.5) is 11.6 Å². The van der Waals surface area contributed by atoms with Crippen LogP contribution in [0.25, 0.3) is 17.0 Å². The zero-order valence-corrected chi connectivity index (χ0v) is 15.9. The molecule has 1 aliphatic carbocycles. The van der Waals surface area contributed by atoms with Crippen LogP contribution in [0.1, 0.15) is 12.0 Å². The van der Waals surface area contributed by atoms with Gasteiger partial charge in [-0.15, -0.1) is 0 Å². The molecule has 0 amide bonds. The van der Waals surface area contributed by atoms with E-state index in [1.165, 1.54) is 19.5 Å². The standard InChI is InChI=1S/C22H21N7/c1-2-6-29-19(11-25-22(29)3-1)18-8-20(27-14-26-18)23-9-15-4-5-21(24-10-15)28-12-16-7-17(16)13-28/h1-6,8,10-11,14,16-17H,7,9,12-13H2,(H,23,26,27). The van der Waals surface area contributed by atoms with E-state index in [0.29, 0.717) is 6.54 Å². The Labute approximate surface area is 168 Å². The Morgan fingerprint density at radius 1 is 0.966 bits per heavy atom. The summed E-state index contributed by atoms with van der Waals surface area (Å²) in [7, 11) is 0. The first-order valence-electron chi connectivity index (χ1n) is 10.0. The molecular weight excluding hydrogens is 362 g/mol. The molecule has 7 nitrogen and oxygen atoms in total. The Morgan fingerprint density at radius 2 is 1.90 bits per heavy atom. The Morgan fingerprint density at radius 3 is 2.76 bits per heavy atom. The SMILES string of the molecule is c1ccn2c(-c3cc(NCc4ccc(N5CC6CC6C5)nc4)ncn3)cnc2c1. The number of nitrogens with zero attached hydrogens (tertiary/aromatic N) is 6. The lowest BCUT2D eigenvalue weighted by atomic mass is 10.2. The minimum Gasteiger partial charge on any atom is -0.366 e. The number of rotatable bonds is 5. The van der Waals surface area contributed by atoms with Gasteiger partial charge in [0.1, 0.15) is 23.6 Å². The van der Waals surface area contributed by atoms with Crippen molar-refractivity contribution in [2.75, 3.05) is 23.3 Å². The van der Waals surface area contributed by atoms with Crippen LogP contribution in [-0.4, -0.2) is 37.4 Å². The van der Waals surface area contributed by atoms with E-state index in [-0.39, 0.29) is 0 Å². The van der Waals surface area contributed by atoms with Gasteiger partial charge in [0, 0.05) is 38.1 Å². The summed E-state index contributed by atoms with van der Waals surface area (Å²) in [4.78, 5) is 20.3. The summed E-state index contributed by atoms with van der Waals surface area (Å²) >= 11 is 0. The first-order chi connectivity index (χ1) is 14.3. The summed E-state index contributed by atoms with van der Waals surface area (Å²) in [6, 6.07) is 12.2. The number of aromatic nitrogens is 5. The minimum absolute atomic E-state index is 0.669. The Balaban J connectivity index is 1.16. The third kappa shape index (κ3) is 3.08. The molecule has 4 aromatic rings. The fourth-order valence-electron chi connectivity index (χ4n) is 4.20. The monoisotopic (exact) mass is 383 g/mol. The van der Waals surface area contributed by atoms with Gasteiger partial charge in [-0.25, -0.2) is 19.9 Å². The molecule has 144 valence electrons. The largest absolute Gasteiger partial charge is 0.366 e. The molecule has 7 heteroatoms. The summed E-state index contributed by atoms with van der Waals surface area (Å²) in [5.74, 6) is 3.71. The molecule has 0 aromatic carbocycles. The highest BCUT2D eigenvalue weighted by atomic mass is 15.2. The molecule has 2 fully saturated rings. The van der Waals surface area contributed by atoms with Crippen LogP contribution in [0, 0.1) is 11.8 Å². The number of imidazole rings is 1. The minimum atomic E-state index is 0.669. The lowest BCUT2D eigenvalue weighted by Crippen LogP contribution is -2.22. The van der Waals surface area contributed by atoms with Gasteiger partial charge in [-0.1, -0.05) is 12.1 Å². The molecule has 0 bridgehead atoms. The average Bonchev–Trinajstić information content (AvgIpc) is 3.18. The van der Waals surface area contributed by atoms with Crippen LogP contribution in [0.15, 0.2) is 61.3 Å². The highest BCUT2D eigenvalue weighted by Gasteiger charge is 2.45. The second-order valence-electron chi connectivity index (χ2n) is 7.90. The number of fused-ring (bicyclic) bond motifs is 2. The molecule has 5 heterocycles. The van der Waals surface area contributed by atoms with E-state index in [0.717, 1.165) is 46.1 Å². The lowest BCUT2D eigenvalue weighted by molar-refractivity contribution is 0.804. The average molecular weight is 383 g/mol. The number of hydrogen-bond acceptors (Lipinski definition) is 6. The molecule has 2 aliphatic rings. The molecule has 1 aliphatic heterocycles. The molecule has 4 aromatic heterocycles. The van der Waals surface area contributed by atoms with Crippen molar-refractivity contribution in [3.63, 3.8) is 0 Å². The number of nitrogens with one attached hydrogen (secondary N) is 1. The maximum absolute atomic E-state index is 4.66. The van der Waals surface area contributed by atoms with Crippen LogP contribution in [0.3, 0.4) is 0 Å². The smallest absolute Gasteiger partial charge is 0.137 e. The van der Waals surface area contributed by atoms with Crippen molar-refractivity contribution >= 4 is 17.3 Å². The van der Waals surface area contributed by atoms with Crippen molar-refractivity contribution < 1.29 is 0 Å². The maximum atomic E-state index is 4.66. The summed E-state index contributed by atoms with van der Waals surface area (Å²) in [5, 5.41) is 3.38. The molecule has 2 atom stereocenters. The van der Waals surface area contributed by atoms with E-state index < -0.39 is 0 Å². The van der Waals surface area contributed by atoms with Crippen molar-refractivity contribution in [1.29, 1.82) is 0 Å². The third-order valence-corrected chi connectivity index (χ3v) is 5.93. The Hall–Kier alpha value is -3.48. The van der Waals surface area contributed by atoms with Gasteiger partial charge in [-0.2, -0.15) is 0 Å². The van der Waals surface area contributed by atoms with Gasteiger partial charge in [0.15, 0.2) is 0 Å². The van der Waals surface area contributed by atoms with Gasteiger partial charge in [-0.3, -0.25) is 4.40 Å². The van der Waals surface area contributed by atoms with E-state index in [2.05, 4.69) is 42.3 Å². The van der Waals surface area contributed by atoms with E-state index in [1.54, 1.807) is 6.33 Å². The molecule has 1 saturated carbocycles. The molecule has 0 radical (unpaired) electrons. The van der Waals surface area contributed by atoms with Gasteiger partial charge in [0.25, 0.3) is 0 Å². The van der Waals surface area contributed by atoms with E-state index in [1.807, 2.05) is 47.3 Å². The Bertz CT molecular complexity index is 1160. The zero-order valence-electron chi connectivity index (χ0n) is 15.9. The second kappa shape index (κ2) is 6.55. The second-order valence-corrected chi connectivity index (χ2v) is 7.90. The highest BCUT2D eigenvalue weighted by molar-refractivity contribution is 5.62. The fraction of sp³-hybridized carbons (Fsp3) is 0.273. The number of piperidine rings is 1. The van der Waals surface area contributed by atoms with Crippen LogP contribution in [0.5, 0.6) is 0 Å². The zero-order chi connectivity index (χ0) is 19.2. The number of hydrogen-bond donors (Lipinski definition) is 1. The molecule has 2 unspecified atom stereocenters. The van der Waals surface area contributed by atoms with Crippen molar-refractivity contribution in [2.45, 2.75) is 13.0 Å². The summed E-state index contributed by atoms with van der Waals surface area (Å²) in [6.07, 6.45) is 8.78. The van der Waals surface area contributed by atoms with Gasteiger partial charge in [0.2, 0.25) is 0 Å². The van der Waals surface area contributed by atoms with Crippen LogP contribution < -0.4 is 10.2 Å². The first kappa shape index (κ1) is 16.5. The van der Waals surface area contributed by atoms with Gasteiger partial charge >= 0.3 is 0 Å². The third-order valence-electron chi connectivity index (χ3n) is 5.93. The van der Waals surface area contributed by atoms with Crippen molar-refractivity contribution in [3.8, 4) is 11.4 Å². The van der Waals surface area contributed by atoms with Crippen LogP contribution >= 0.6 is 0 Å². The predicted octanol–water partition coefficient (Wildman–Crippen LogP) is 3.25. The Kier molecular flexibility index (Phi) is 3.72. The van der Waals surface area contributed by atoms with Crippen molar-refractivity contribution in [1.82, 2.24) is 24.3 Å². The molecule has 6 rings (SSSR count). The van der Waals surface area contributed by atoms with Gasteiger partial charge in [-0.05, 0) is 42.0 Å². The van der Waals surface area contributed by atoms with Crippen LogP contribution in [-0.2, 0) is 6.54 Å². The van der Waals surface area contributed by atoms with Crippen LogP contribution in [0.2, 0.25) is 0 Å². The quantitative estimate of drug-likeness (QED) is 0.570. The summed E-state index contributed by atoms with van der Waals surface area (Å²) in [5.41, 5.74) is 3.81. The van der Waals surface area contributed by atoms with E-state index in [4.69, 9.17) is 0 Å². The van der Waals surface area contributed by atoms with Gasteiger partial charge < -0.3 is 10.2 Å². The molecular formula is C22H21N7. The predicted molar refractivity (Wildman–Crippen MR) is 112 cm³/mol. The maximum Gasteiger partial charge on any atom is 0.137 e. The lowest BCUT2D eigenvalue weighted by Gasteiger charge is -2.19. The summed E-state index contributed by atoms with van der Waals surface area (Å²) in [6.45, 7) is 3.01. The highest BCUT2D eigenvalue weighted by Crippen LogP contribution is 2.45. The topological polar surface area (TPSA) is 71.2 Å². The summed E-state index contributed by atoms with van der Waals surface area (Å²) < 4.78 is 2.02. The van der Waals surface area contributed by atoms with Gasteiger partial charge in [0.05, 0.1) is 17.6 Å². The van der Waals surface area contributed by atoms with Crippen molar-refractivity contribution in [2.24, 2.45) is 11.8 Å². The van der Waals surface area contributed by atoms with E-state index in [9.17, 15) is 0 Å². The number of pyridine rings is 2. The molecule has 29 heavy (non-hydrogen) atoms. The molecule has 0 spiro atoms. The van der Waals surface area contributed by atoms with Crippen molar-refractivity contribution in [3.05, 3.63) is 66.9 Å². The first-order valence-corrected chi connectivity index (χ1v) is 10.0. The number of anilines is 2. The van der Waals surface area contributed by atoms with E-state index >= 15 is 0 Å². The normalized spacial score (nSPS) is 20.1. The molecule has 1 N–H and O–H groups in total. The fourth-order valence-corrected chi connectivity index (χ4v) is 4.20. The molecule has 1 saturated heterocycles.